The van der Waals surface area contributed by atoms with Crippen LogP contribution >= 0.6 is 7.82 Å². The van der Waals surface area contributed by atoms with E-state index in [9.17, 15) is 14.4 Å². The van der Waals surface area contributed by atoms with Crippen LogP contribution in [0.2, 0.25) is 0 Å². The van der Waals surface area contributed by atoms with Gasteiger partial charge in [-0.05, 0) is 19.3 Å². The van der Waals surface area contributed by atoms with Gasteiger partial charge in [0, 0.05) is 0 Å². The zero-order chi connectivity index (χ0) is 9.07. The Kier molecular flexibility index (Phi) is 7.90. The third-order valence-corrected chi connectivity index (χ3v) is 1.73. The van der Waals surface area contributed by atoms with Gasteiger partial charge in [-0.1, -0.05) is 13.8 Å². The van der Waals surface area contributed by atoms with Gasteiger partial charge >= 0.3 is 19.5 Å². The molecule has 6 heteroatoms. The Morgan fingerprint density at radius 3 is 2.00 bits per heavy atom. The molecule has 0 aromatic heterocycles. The Bertz CT molecular complexity index is 156. The van der Waals surface area contributed by atoms with Crippen molar-refractivity contribution in [1.82, 2.24) is 0 Å². The molecule has 0 aromatic rings. The molecule has 12 heavy (non-hydrogen) atoms. The molecule has 68 valence electrons. The van der Waals surface area contributed by atoms with Crippen molar-refractivity contribution in [2.45, 2.75) is 33.3 Å². The largest absolute Gasteiger partial charge is 2.00 e. The molecule has 0 rings (SSSR count). The SMILES string of the molecule is CC(C)CC(C)OP(=O)([O-])[O-].[Zn+2]. The molecule has 0 heterocycles. The van der Waals surface area contributed by atoms with Gasteiger partial charge in [0.15, 0.2) is 0 Å². The van der Waals surface area contributed by atoms with Crippen LogP contribution in [0.3, 0.4) is 0 Å². The summed E-state index contributed by atoms with van der Waals surface area (Å²) in [5.41, 5.74) is 0. The van der Waals surface area contributed by atoms with Crippen LogP contribution in [0.25, 0.3) is 0 Å². The van der Waals surface area contributed by atoms with Crippen molar-refractivity contribution in [2.75, 3.05) is 0 Å². The second-order valence-electron chi connectivity index (χ2n) is 2.99. The standard InChI is InChI=1S/C6H15O4P.Zn/c1-5(2)4-6(3)10-11(7,8)9;/h5-6H,4H2,1-3H3,(H2,7,8,9);/q;+2/p-2. The Morgan fingerprint density at radius 2 is 1.75 bits per heavy atom. The van der Waals surface area contributed by atoms with Crippen molar-refractivity contribution in [3.05, 3.63) is 0 Å². The van der Waals surface area contributed by atoms with E-state index >= 15 is 0 Å². The zero-order valence-corrected chi connectivity index (χ0v) is 11.5. The average Bonchev–Trinajstić information content (AvgIpc) is 1.53. The smallest absolute Gasteiger partial charge is 0.790 e. The van der Waals surface area contributed by atoms with Crippen molar-refractivity contribution in [1.29, 1.82) is 0 Å². The summed E-state index contributed by atoms with van der Waals surface area (Å²) in [6, 6.07) is 0. The van der Waals surface area contributed by atoms with E-state index in [-0.39, 0.29) is 19.5 Å². The molecular weight excluding hydrogens is 232 g/mol. The summed E-state index contributed by atoms with van der Waals surface area (Å²) in [5, 5.41) is 0. The van der Waals surface area contributed by atoms with Crippen LogP contribution in [-0.4, -0.2) is 6.10 Å². The van der Waals surface area contributed by atoms with Gasteiger partial charge in [0.1, 0.15) is 0 Å². The first kappa shape index (κ1) is 15.2. The van der Waals surface area contributed by atoms with Crippen molar-refractivity contribution in [3.8, 4) is 0 Å². The molecule has 1 atom stereocenters. The van der Waals surface area contributed by atoms with Crippen LogP contribution in [0.4, 0.5) is 0 Å². The van der Waals surface area contributed by atoms with Crippen LogP contribution in [-0.2, 0) is 28.6 Å². The van der Waals surface area contributed by atoms with E-state index < -0.39 is 13.9 Å². The maximum Gasteiger partial charge on any atom is 2.00 e. The van der Waals surface area contributed by atoms with E-state index in [0.717, 1.165) is 0 Å². The summed E-state index contributed by atoms with van der Waals surface area (Å²) in [5.74, 6) is 0.330. The zero-order valence-electron chi connectivity index (χ0n) is 7.65. The minimum Gasteiger partial charge on any atom is -0.790 e. The van der Waals surface area contributed by atoms with Gasteiger partial charge in [0.05, 0.1) is 13.9 Å². The summed E-state index contributed by atoms with van der Waals surface area (Å²) in [6.45, 7) is 5.43. The first-order valence-electron chi connectivity index (χ1n) is 3.51. The molecule has 0 aliphatic rings. The minimum atomic E-state index is -4.78. The molecule has 0 saturated carbocycles. The van der Waals surface area contributed by atoms with E-state index in [1.807, 2.05) is 13.8 Å². The summed E-state index contributed by atoms with van der Waals surface area (Å²) < 4.78 is 14.3. The summed E-state index contributed by atoms with van der Waals surface area (Å²) in [7, 11) is -4.78. The summed E-state index contributed by atoms with van der Waals surface area (Å²) in [6.07, 6.45) is 0.0740. The van der Waals surface area contributed by atoms with Crippen LogP contribution in [0.5, 0.6) is 0 Å². The molecule has 0 spiro atoms. The van der Waals surface area contributed by atoms with Crippen molar-refractivity contribution in [3.63, 3.8) is 0 Å². The maximum absolute atomic E-state index is 10.1. The molecule has 0 bridgehead atoms. The number of rotatable bonds is 4. The maximum atomic E-state index is 10.1. The topological polar surface area (TPSA) is 72.4 Å². The molecule has 0 aliphatic heterocycles. The normalized spacial score (nSPS) is 14.2. The second-order valence-corrected chi connectivity index (χ2v) is 4.10. The van der Waals surface area contributed by atoms with E-state index in [1.165, 1.54) is 0 Å². The van der Waals surface area contributed by atoms with Crippen LogP contribution in [0.15, 0.2) is 0 Å². The van der Waals surface area contributed by atoms with Crippen LogP contribution < -0.4 is 9.79 Å². The van der Waals surface area contributed by atoms with E-state index in [4.69, 9.17) is 0 Å². The monoisotopic (exact) mass is 244 g/mol. The number of phosphoric acid groups is 1. The van der Waals surface area contributed by atoms with Gasteiger partial charge in [-0.15, -0.1) is 0 Å². The summed E-state index contributed by atoms with van der Waals surface area (Å²) in [4.78, 5) is 20.1. The Hall–Kier alpha value is 0.733. The van der Waals surface area contributed by atoms with E-state index in [0.29, 0.717) is 12.3 Å². The molecule has 0 saturated heterocycles. The van der Waals surface area contributed by atoms with E-state index in [2.05, 4.69) is 4.52 Å². The molecule has 0 radical (unpaired) electrons. The van der Waals surface area contributed by atoms with Crippen molar-refractivity contribution in [2.24, 2.45) is 5.92 Å². The molecule has 0 fully saturated rings. The summed E-state index contributed by atoms with van der Waals surface area (Å²) >= 11 is 0. The number of hydrogen-bond donors (Lipinski definition) is 0. The van der Waals surface area contributed by atoms with Gasteiger partial charge in [-0.2, -0.15) is 0 Å². The molecule has 0 aromatic carbocycles. The molecule has 1 unspecified atom stereocenters. The van der Waals surface area contributed by atoms with Crippen LogP contribution in [0.1, 0.15) is 27.2 Å². The molecule has 0 N–H and O–H groups in total. The first-order valence-corrected chi connectivity index (χ1v) is 4.98. The minimum absolute atomic E-state index is 0. The van der Waals surface area contributed by atoms with E-state index in [1.54, 1.807) is 6.92 Å². The van der Waals surface area contributed by atoms with Crippen LogP contribution in [0, 0.1) is 5.92 Å². The molecular formula is C6H13O4PZn. The Balaban J connectivity index is 0. The van der Waals surface area contributed by atoms with Crippen molar-refractivity contribution < 1.29 is 38.4 Å². The fourth-order valence-electron chi connectivity index (χ4n) is 0.927. The number of hydrogen-bond acceptors (Lipinski definition) is 4. The molecule has 4 nitrogen and oxygen atoms in total. The Labute approximate surface area is 85.7 Å². The second kappa shape index (κ2) is 6.23. The molecule has 0 amide bonds. The van der Waals surface area contributed by atoms with Gasteiger partial charge < -0.3 is 18.9 Å². The van der Waals surface area contributed by atoms with Gasteiger partial charge in [0.25, 0.3) is 0 Å². The average molecular weight is 246 g/mol. The quantitative estimate of drug-likeness (QED) is 0.526. The predicted octanol–water partition coefficient (Wildman–Crippen LogP) is 0.264. The van der Waals surface area contributed by atoms with Crippen molar-refractivity contribution >= 4 is 7.82 Å². The Morgan fingerprint density at radius 1 is 1.33 bits per heavy atom. The third-order valence-electron chi connectivity index (χ3n) is 1.11. The fourth-order valence-corrected chi connectivity index (χ4v) is 1.45. The molecule has 0 aliphatic carbocycles. The van der Waals surface area contributed by atoms with Gasteiger partial charge in [0.2, 0.25) is 0 Å². The van der Waals surface area contributed by atoms with Gasteiger partial charge in [-0.3, -0.25) is 0 Å². The van der Waals surface area contributed by atoms with Gasteiger partial charge in [-0.25, -0.2) is 0 Å². The predicted molar refractivity (Wildman–Crippen MR) is 37.6 cm³/mol. The fraction of sp³-hybridized carbons (Fsp3) is 1.00. The number of phosphoric ester groups is 1. The first-order chi connectivity index (χ1) is 4.81. The third kappa shape index (κ3) is 10.7.